The van der Waals surface area contributed by atoms with Gasteiger partial charge in [0.25, 0.3) is 0 Å². The Bertz CT molecular complexity index is 749. The van der Waals surface area contributed by atoms with E-state index < -0.39 is 26.5 Å². The van der Waals surface area contributed by atoms with Crippen molar-refractivity contribution in [3.05, 3.63) is 12.2 Å². The molecule has 0 saturated carbocycles. The van der Waals surface area contributed by atoms with Crippen molar-refractivity contribution in [2.45, 2.75) is 161 Å². The SMILES string of the molecule is CCCC/C=C\CCCCCCCC(=O)OCC(COP(=O)(O)OCCNC)OC(=O)CCCCCCCCCCCCC. The Labute approximate surface area is 269 Å². The van der Waals surface area contributed by atoms with E-state index in [1.54, 1.807) is 7.05 Å². The zero-order chi connectivity index (χ0) is 32.6. The predicted molar refractivity (Wildman–Crippen MR) is 179 cm³/mol. The number of esters is 2. The Morgan fingerprint density at radius 1 is 0.682 bits per heavy atom. The number of carbonyl (C=O) groups excluding carboxylic acids is 2. The van der Waals surface area contributed by atoms with Crippen molar-refractivity contribution >= 4 is 19.8 Å². The molecule has 0 aliphatic rings. The average molecular weight is 648 g/mol. The number of rotatable bonds is 33. The summed E-state index contributed by atoms with van der Waals surface area (Å²) in [5.41, 5.74) is 0. The second kappa shape index (κ2) is 31.7. The normalized spacial score (nSPS) is 13.6. The van der Waals surface area contributed by atoms with Gasteiger partial charge in [0.05, 0.1) is 13.2 Å². The first kappa shape index (κ1) is 42.8. The van der Waals surface area contributed by atoms with Crippen LogP contribution in [0, 0.1) is 0 Å². The number of ether oxygens (including phenoxy) is 2. The highest BCUT2D eigenvalue weighted by Crippen LogP contribution is 2.43. The summed E-state index contributed by atoms with van der Waals surface area (Å²) in [4.78, 5) is 34.7. The number of phosphoric acid groups is 1. The van der Waals surface area contributed by atoms with Crippen molar-refractivity contribution in [3.8, 4) is 0 Å². The minimum Gasteiger partial charge on any atom is -0.462 e. The Morgan fingerprint density at radius 2 is 1.18 bits per heavy atom. The molecule has 2 N–H and O–H groups in total. The highest BCUT2D eigenvalue weighted by atomic mass is 31.2. The summed E-state index contributed by atoms with van der Waals surface area (Å²) in [7, 11) is -2.64. The third-order valence-electron chi connectivity index (χ3n) is 7.39. The topological polar surface area (TPSA) is 120 Å². The lowest BCUT2D eigenvalue weighted by Gasteiger charge is -2.20. The van der Waals surface area contributed by atoms with Crippen LogP contribution in [-0.2, 0) is 32.7 Å². The summed E-state index contributed by atoms with van der Waals surface area (Å²) in [6, 6.07) is 0. The van der Waals surface area contributed by atoms with E-state index in [0.29, 0.717) is 13.0 Å². The molecule has 0 aromatic rings. The third-order valence-corrected chi connectivity index (χ3v) is 8.37. The van der Waals surface area contributed by atoms with Crippen molar-refractivity contribution in [3.63, 3.8) is 0 Å². The van der Waals surface area contributed by atoms with Gasteiger partial charge in [0, 0.05) is 19.4 Å². The van der Waals surface area contributed by atoms with Gasteiger partial charge in [-0.3, -0.25) is 18.6 Å². The molecule has 0 aromatic carbocycles. The van der Waals surface area contributed by atoms with Gasteiger partial charge in [0.15, 0.2) is 6.10 Å². The van der Waals surface area contributed by atoms with Crippen molar-refractivity contribution in [1.82, 2.24) is 5.32 Å². The number of hydrogen-bond acceptors (Lipinski definition) is 8. The first-order valence-electron chi connectivity index (χ1n) is 17.6. The number of phosphoric ester groups is 1. The van der Waals surface area contributed by atoms with Crippen LogP contribution in [-0.4, -0.2) is 56.3 Å². The largest absolute Gasteiger partial charge is 0.472 e. The molecule has 0 rings (SSSR count). The van der Waals surface area contributed by atoms with Crippen LogP contribution in [0.4, 0.5) is 0 Å². The first-order chi connectivity index (χ1) is 21.3. The molecule has 0 heterocycles. The monoisotopic (exact) mass is 647 g/mol. The summed E-state index contributed by atoms with van der Waals surface area (Å²) in [6.45, 7) is 4.15. The van der Waals surface area contributed by atoms with Gasteiger partial charge in [-0.05, 0) is 39.2 Å². The molecule has 10 heteroatoms. The lowest BCUT2D eigenvalue weighted by Crippen LogP contribution is -2.29. The zero-order valence-corrected chi connectivity index (χ0v) is 29.3. The summed E-state index contributed by atoms with van der Waals surface area (Å²) < 4.78 is 32.9. The van der Waals surface area contributed by atoms with Gasteiger partial charge in [-0.2, -0.15) is 0 Å². The number of nitrogens with one attached hydrogen (secondary N) is 1. The summed E-state index contributed by atoms with van der Waals surface area (Å²) in [6.07, 6.45) is 26.8. The molecular weight excluding hydrogens is 581 g/mol. The van der Waals surface area contributed by atoms with Gasteiger partial charge in [-0.25, -0.2) is 4.57 Å². The fraction of sp³-hybridized carbons (Fsp3) is 0.882. The van der Waals surface area contributed by atoms with Crippen molar-refractivity contribution < 1.29 is 37.6 Å². The minimum atomic E-state index is -4.33. The molecule has 0 fully saturated rings. The van der Waals surface area contributed by atoms with E-state index in [2.05, 4.69) is 31.3 Å². The average Bonchev–Trinajstić information content (AvgIpc) is 3.00. The summed E-state index contributed by atoms with van der Waals surface area (Å²) >= 11 is 0. The Kier molecular flexibility index (Phi) is 30.8. The fourth-order valence-corrected chi connectivity index (χ4v) is 5.40. The number of allylic oxidation sites excluding steroid dienone is 2. The maximum Gasteiger partial charge on any atom is 0.472 e. The van der Waals surface area contributed by atoms with Gasteiger partial charge in [-0.1, -0.05) is 122 Å². The van der Waals surface area contributed by atoms with Crippen LogP contribution in [0.1, 0.15) is 155 Å². The second-order valence-electron chi connectivity index (χ2n) is 11.7. The standard InChI is InChI=1S/C34H66NO8P/c1-4-6-8-10-12-14-16-18-20-22-24-26-33(36)40-30-32(31-42-44(38,39)41-29-28-35-3)43-34(37)27-25-23-21-19-17-15-13-11-9-7-5-2/h10,12,32,35H,4-9,11,13-31H2,1-3H3,(H,38,39)/b12-10-. The van der Waals surface area contributed by atoms with E-state index in [1.165, 1.54) is 64.2 Å². The molecular formula is C34H66NO8P. The Morgan fingerprint density at radius 3 is 1.75 bits per heavy atom. The molecule has 0 aromatic heterocycles. The van der Waals surface area contributed by atoms with Crippen LogP contribution in [0.5, 0.6) is 0 Å². The second-order valence-corrected chi connectivity index (χ2v) is 13.2. The van der Waals surface area contributed by atoms with Crippen molar-refractivity contribution in [2.75, 3.05) is 33.4 Å². The maximum absolute atomic E-state index is 12.5. The Balaban J connectivity index is 4.34. The van der Waals surface area contributed by atoms with E-state index in [1.807, 2.05) is 0 Å². The number of hydrogen-bond donors (Lipinski definition) is 2. The van der Waals surface area contributed by atoms with Gasteiger partial charge >= 0.3 is 19.8 Å². The predicted octanol–water partition coefficient (Wildman–Crippen LogP) is 8.97. The van der Waals surface area contributed by atoms with E-state index >= 15 is 0 Å². The molecule has 0 aliphatic carbocycles. The molecule has 0 spiro atoms. The molecule has 0 saturated heterocycles. The first-order valence-corrected chi connectivity index (χ1v) is 19.1. The molecule has 260 valence electrons. The van der Waals surface area contributed by atoms with Gasteiger partial charge in [-0.15, -0.1) is 0 Å². The molecule has 44 heavy (non-hydrogen) atoms. The van der Waals surface area contributed by atoms with Crippen LogP contribution >= 0.6 is 7.82 Å². The lowest BCUT2D eigenvalue weighted by atomic mass is 10.1. The van der Waals surface area contributed by atoms with E-state index in [0.717, 1.165) is 57.8 Å². The smallest absolute Gasteiger partial charge is 0.462 e. The maximum atomic E-state index is 12.5. The number of unbranched alkanes of at least 4 members (excludes halogenated alkanes) is 17. The summed E-state index contributed by atoms with van der Waals surface area (Å²) in [5, 5.41) is 2.81. The van der Waals surface area contributed by atoms with Crippen LogP contribution in [0.2, 0.25) is 0 Å². The molecule has 9 nitrogen and oxygen atoms in total. The minimum absolute atomic E-state index is 0.0156. The van der Waals surface area contributed by atoms with E-state index in [9.17, 15) is 19.0 Å². The number of carbonyl (C=O) groups is 2. The van der Waals surface area contributed by atoms with E-state index in [4.69, 9.17) is 18.5 Å². The van der Waals surface area contributed by atoms with Gasteiger partial charge in [0.1, 0.15) is 6.61 Å². The molecule has 2 atom stereocenters. The fourth-order valence-electron chi connectivity index (χ4n) is 4.65. The molecule has 0 bridgehead atoms. The third kappa shape index (κ3) is 30.8. The van der Waals surface area contributed by atoms with Crippen LogP contribution < -0.4 is 5.32 Å². The van der Waals surface area contributed by atoms with Crippen LogP contribution in [0.15, 0.2) is 12.2 Å². The summed E-state index contributed by atoms with van der Waals surface area (Å²) in [5.74, 6) is -0.817. The Hall–Kier alpha value is -1.25. The molecule has 0 aliphatic heterocycles. The van der Waals surface area contributed by atoms with Crippen LogP contribution in [0.25, 0.3) is 0 Å². The molecule has 0 amide bonds. The number of likely N-dealkylation sites (N-methyl/N-ethyl adjacent to an activating group) is 1. The van der Waals surface area contributed by atoms with Crippen molar-refractivity contribution in [1.29, 1.82) is 0 Å². The lowest BCUT2D eigenvalue weighted by molar-refractivity contribution is -0.161. The molecule has 0 radical (unpaired) electrons. The van der Waals surface area contributed by atoms with Crippen molar-refractivity contribution in [2.24, 2.45) is 0 Å². The zero-order valence-electron chi connectivity index (χ0n) is 28.4. The highest BCUT2D eigenvalue weighted by Gasteiger charge is 2.26. The highest BCUT2D eigenvalue weighted by molar-refractivity contribution is 7.47. The van der Waals surface area contributed by atoms with Gasteiger partial charge < -0.3 is 19.7 Å². The quantitative estimate of drug-likeness (QED) is 0.0311. The van der Waals surface area contributed by atoms with Gasteiger partial charge in [0.2, 0.25) is 0 Å². The van der Waals surface area contributed by atoms with E-state index in [-0.39, 0.29) is 32.0 Å². The molecule has 2 unspecified atom stereocenters. The van der Waals surface area contributed by atoms with Crippen LogP contribution in [0.3, 0.4) is 0 Å².